The Hall–Kier alpha value is -2.35. The molecule has 0 aromatic heterocycles. The van der Waals surface area contributed by atoms with Crippen LogP contribution in [0, 0.1) is 33.8 Å². The third-order valence-corrected chi connectivity index (χ3v) is 17.3. The predicted octanol–water partition coefficient (Wildman–Crippen LogP) is 7.78. The SMILES string of the molecule is CC[C@H](C)[C@H]1O[C@]2(CC[C@@H]1C)C[C@@H]1C[C@@H](C/C=C(\C)[C@H](O[N+](=O)[O-])[C@@H](C)/C=C/C=C3\CO[C@@H]4[C@H](O[Si](C)(C)C(C)(C)C)C(C)=C[C@@H](C(=O)O1)[C@]34O)O2. The highest BCUT2D eigenvalue weighted by atomic mass is 28.4. The Balaban J connectivity index is 1.59. The first-order chi connectivity index (χ1) is 24.2. The van der Waals surface area contributed by atoms with Gasteiger partial charge in [0.05, 0.1) is 24.9 Å². The van der Waals surface area contributed by atoms with Gasteiger partial charge < -0.3 is 33.3 Å². The summed E-state index contributed by atoms with van der Waals surface area (Å²) in [6.45, 7) is 23.1. The second-order valence-corrected chi connectivity index (χ2v) is 22.5. The number of ether oxygens (including phenoxy) is 4. The van der Waals surface area contributed by atoms with Gasteiger partial charge in [0.15, 0.2) is 14.1 Å². The van der Waals surface area contributed by atoms with E-state index in [2.05, 4.69) is 54.6 Å². The predicted molar refractivity (Wildman–Crippen MR) is 200 cm³/mol. The smallest absolute Gasteiger partial charge is 0.316 e. The average molecular weight is 746 g/mol. The Bertz CT molecular complexity index is 1460. The number of hydrogen-bond donors (Lipinski definition) is 1. The van der Waals surface area contributed by atoms with Crippen LogP contribution in [0.15, 0.2) is 47.1 Å². The lowest BCUT2D eigenvalue weighted by Crippen LogP contribution is -2.60. The number of aliphatic hydroxyl groups is 1. The van der Waals surface area contributed by atoms with Crippen LogP contribution < -0.4 is 0 Å². The first kappa shape index (κ1) is 40.8. The molecule has 2 bridgehead atoms. The van der Waals surface area contributed by atoms with Gasteiger partial charge in [-0.2, -0.15) is 0 Å². The van der Waals surface area contributed by atoms with Crippen LogP contribution >= 0.6 is 0 Å². The molecule has 0 unspecified atom stereocenters. The largest absolute Gasteiger partial charge is 0.462 e. The maximum absolute atomic E-state index is 14.5. The molecular weight excluding hydrogens is 683 g/mol. The van der Waals surface area contributed by atoms with Gasteiger partial charge in [-0.1, -0.05) is 85.3 Å². The zero-order valence-corrected chi connectivity index (χ0v) is 34.2. The molecule has 0 aromatic rings. The van der Waals surface area contributed by atoms with E-state index in [1.165, 1.54) is 0 Å². The second-order valence-electron chi connectivity index (χ2n) is 17.7. The van der Waals surface area contributed by atoms with Crippen molar-refractivity contribution in [3.05, 3.63) is 57.2 Å². The molecular formula is C40H63NO10Si. The highest BCUT2D eigenvalue weighted by Gasteiger charge is 2.61. The Labute approximate surface area is 311 Å². The van der Waals surface area contributed by atoms with Crippen LogP contribution in [-0.4, -0.2) is 79.1 Å². The van der Waals surface area contributed by atoms with Gasteiger partial charge in [-0.25, -0.2) is 0 Å². The number of allylic oxidation sites excluding steroid dienone is 2. The van der Waals surface area contributed by atoms with Gasteiger partial charge in [0.25, 0.3) is 5.09 Å². The van der Waals surface area contributed by atoms with Crippen LogP contribution in [-0.2, 0) is 33.0 Å². The minimum Gasteiger partial charge on any atom is -0.462 e. The van der Waals surface area contributed by atoms with Gasteiger partial charge in [0.1, 0.15) is 29.8 Å². The van der Waals surface area contributed by atoms with Gasteiger partial charge in [-0.15, -0.1) is 10.1 Å². The van der Waals surface area contributed by atoms with E-state index in [1.807, 2.05) is 39.0 Å². The molecule has 0 amide bonds. The molecule has 0 saturated carbocycles. The van der Waals surface area contributed by atoms with Crippen LogP contribution in [0.25, 0.3) is 0 Å². The molecule has 5 aliphatic rings. The Morgan fingerprint density at radius 1 is 1.13 bits per heavy atom. The highest BCUT2D eigenvalue weighted by molar-refractivity contribution is 6.74. The molecule has 5 rings (SSSR count). The van der Waals surface area contributed by atoms with E-state index in [1.54, 1.807) is 12.2 Å². The summed E-state index contributed by atoms with van der Waals surface area (Å²) in [6, 6.07) is 0. The topological polar surface area (TPSA) is 136 Å². The fourth-order valence-corrected chi connectivity index (χ4v) is 9.74. The van der Waals surface area contributed by atoms with Crippen molar-refractivity contribution in [1.29, 1.82) is 0 Å². The summed E-state index contributed by atoms with van der Waals surface area (Å²) < 4.78 is 33.4. The van der Waals surface area contributed by atoms with Crippen LogP contribution in [0.1, 0.15) is 101 Å². The first-order valence-electron chi connectivity index (χ1n) is 19.3. The highest BCUT2D eigenvalue weighted by Crippen LogP contribution is 2.50. The van der Waals surface area contributed by atoms with Crippen molar-refractivity contribution >= 4 is 14.3 Å². The third kappa shape index (κ3) is 8.17. The quantitative estimate of drug-likeness (QED) is 0.0944. The number of fused-ring (bicyclic) bond motifs is 2. The minimum absolute atomic E-state index is 0.0129. The fraction of sp³-hybridized carbons (Fsp3) is 0.775. The standard InChI is InChI=1S/C40H63NO10Si/c1-12-24(2)33-27(5)18-19-39(49-33)22-31-21-30(48-39)17-16-26(4)34(50-41(44)45)25(3)14-13-15-29-23-46-36-35(51-52(10,11)38(7,8)9)28(6)20-32(37(42)47-31)40(29,36)43/h13-16,20,24-25,27,30-36,43H,12,17-19,21-23H2,1-11H3/b14-13+,26-16+,29-15+/t24-,25-,27-,30+,31-,32-,33+,34+,35+,36+,39+,40+/m0/s1. The Morgan fingerprint density at radius 3 is 2.50 bits per heavy atom. The zero-order chi connectivity index (χ0) is 38.4. The van der Waals surface area contributed by atoms with Gasteiger partial charge in [-0.05, 0) is 73.4 Å². The molecule has 1 N–H and O–H groups in total. The number of carbonyl (C=O) groups is 1. The van der Waals surface area contributed by atoms with Gasteiger partial charge in [-0.3, -0.25) is 4.79 Å². The van der Waals surface area contributed by atoms with Crippen molar-refractivity contribution < 1.29 is 43.2 Å². The minimum atomic E-state index is -2.34. The summed E-state index contributed by atoms with van der Waals surface area (Å²) in [6.07, 6.45) is 9.64. The summed E-state index contributed by atoms with van der Waals surface area (Å²) in [5.74, 6) is -2.25. The number of nitrogens with zero attached hydrogens (tertiary/aromatic N) is 1. The number of carbonyl (C=O) groups excluding carboxylic acids is 1. The molecule has 3 saturated heterocycles. The number of hydrogen-bond acceptors (Lipinski definition) is 10. The molecule has 1 aliphatic carbocycles. The summed E-state index contributed by atoms with van der Waals surface area (Å²) in [7, 11) is -2.34. The number of esters is 1. The van der Waals surface area contributed by atoms with Crippen molar-refractivity contribution in [3.63, 3.8) is 0 Å². The van der Waals surface area contributed by atoms with Crippen molar-refractivity contribution in [2.75, 3.05) is 6.61 Å². The van der Waals surface area contributed by atoms with E-state index in [-0.39, 0.29) is 23.9 Å². The molecule has 4 heterocycles. The van der Waals surface area contributed by atoms with E-state index >= 15 is 0 Å². The molecule has 3 fully saturated rings. The van der Waals surface area contributed by atoms with Crippen molar-refractivity contribution in [3.8, 4) is 0 Å². The van der Waals surface area contributed by atoms with E-state index < -0.39 is 67.0 Å². The maximum Gasteiger partial charge on any atom is 0.316 e. The lowest BCUT2D eigenvalue weighted by Gasteiger charge is -2.51. The van der Waals surface area contributed by atoms with Gasteiger partial charge in [0.2, 0.25) is 0 Å². The van der Waals surface area contributed by atoms with Crippen LogP contribution in [0.2, 0.25) is 18.1 Å². The summed E-state index contributed by atoms with van der Waals surface area (Å²) in [5, 5.41) is 23.6. The molecule has 0 aromatic carbocycles. The van der Waals surface area contributed by atoms with Crippen molar-refractivity contribution in [2.45, 2.75) is 167 Å². The van der Waals surface area contributed by atoms with Crippen LogP contribution in [0.3, 0.4) is 0 Å². The average Bonchev–Trinajstić information content (AvgIpc) is 3.39. The molecule has 12 heteroatoms. The first-order valence-corrected chi connectivity index (χ1v) is 22.2. The zero-order valence-electron chi connectivity index (χ0n) is 33.2. The van der Waals surface area contributed by atoms with Crippen molar-refractivity contribution in [1.82, 2.24) is 0 Å². The molecule has 4 aliphatic heterocycles. The molecule has 292 valence electrons. The Morgan fingerprint density at radius 2 is 1.85 bits per heavy atom. The number of rotatable bonds is 6. The van der Waals surface area contributed by atoms with Gasteiger partial charge in [0, 0.05) is 25.2 Å². The molecule has 0 radical (unpaired) electrons. The third-order valence-electron chi connectivity index (χ3n) is 12.8. The molecule has 12 atom stereocenters. The summed E-state index contributed by atoms with van der Waals surface area (Å²) in [5.41, 5.74) is 0.289. The molecule has 52 heavy (non-hydrogen) atoms. The molecule has 11 nitrogen and oxygen atoms in total. The lowest BCUT2D eigenvalue weighted by molar-refractivity contribution is -0.767. The summed E-state index contributed by atoms with van der Waals surface area (Å²) in [4.78, 5) is 31.4. The Kier molecular flexibility index (Phi) is 12.1. The second kappa shape index (κ2) is 15.4. The summed E-state index contributed by atoms with van der Waals surface area (Å²) >= 11 is 0. The van der Waals surface area contributed by atoms with E-state index in [9.17, 15) is 20.0 Å². The normalized spacial score (nSPS) is 42.1. The lowest BCUT2D eigenvalue weighted by atomic mass is 9.71. The maximum atomic E-state index is 14.5. The van der Waals surface area contributed by atoms with Crippen LogP contribution in [0.5, 0.6) is 0 Å². The van der Waals surface area contributed by atoms with Crippen molar-refractivity contribution in [2.24, 2.45) is 23.7 Å². The molecule has 1 spiro atoms. The van der Waals surface area contributed by atoms with E-state index in [0.717, 1.165) is 18.4 Å². The van der Waals surface area contributed by atoms with E-state index in [0.29, 0.717) is 48.7 Å². The fourth-order valence-electron chi connectivity index (χ4n) is 8.45. The van der Waals surface area contributed by atoms with E-state index in [4.69, 9.17) is 28.2 Å². The van der Waals surface area contributed by atoms with Gasteiger partial charge >= 0.3 is 5.97 Å². The van der Waals surface area contributed by atoms with Crippen LogP contribution in [0.4, 0.5) is 0 Å². The monoisotopic (exact) mass is 745 g/mol.